The molecule has 0 bridgehead atoms. The minimum absolute atomic E-state index is 0.576. The maximum atomic E-state index is 6.35. The van der Waals surface area contributed by atoms with Crippen LogP contribution in [0.4, 0.5) is 0 Å². The molecule has 2 aromatic heterocycles. The van der Waals surface area contributed by atoms with E-state index in [0.717, 1.165) is 55.1 Å². The van der Waals surface area contributed by atoms with E-state index in [1.807, 2.05) is 48.7 Å². The van der Waals surface area contributed by atoms with Crippen LogP contribution < -0.4 is 0 Å². The van der Waals surface area contributed by atoms with Crippen LogP contribution in [0.25, 0.3) is 17.0 Å². The van der Waals surface area contributed by atoms with Crippen molar-refractivity contribution in [3.63, 3.8) is 0 Å². The molecule has 3 heterocycles. The van der Waals surface area contributed by atoms with Gasteiger partial charge in [-0.3, -0.25) is 9.88 Å². The average molecular weight is 469 g/mol. The topological polar surface area (TPSA) is 55.1 Å². The van der Waals surface area contributed by atoms with Crippen molar-refractivity contribution in [3.05, 3.63) is 106 Å². The zero-order valence-electron chi connectivity index (χ0n) is 18.9. The van der Waals surface area contributed by atoms with Crippen molar-refractivity contribution in [2.45, 2.75) is 32.2 Å². The maximum Gasteiger partial charge on any atom is 0.247 e. The molecule has 2 aromatic carbocycles. The van der Waals surface area contributed by atoms with E-state index in [4.69, 9.17) is 21.0 Å². The van der Waals surface area contributed by atoms with Gasteiger partial charge in [0.05, 0.1) is 12.2 Å². The molecular formula is C28H25ClN4O. The number of halogens is 1. The van der Waals surface area contributed by atoms with Gasteiger partial charge < -0.3 is 4.42 Å². The lowest BCUT2D eigenvalue weighted by Crippen LogP contribution is -2.30. The van der Waals surface area contributed by atoms with Gasteiger partial charge in [-0.2, -0.15) is 0 Å². The van der Waals surface area contributed by atoms with E-state index in [0.29, 0.717) is 18.3 Å². The summed E-state index contributed by atoms with van der Waals surface area (Å²) < 4.78 is 5.94. The first kappa shape index (κ1) is 21.3. The molecule has 170 valence electrons. The van der Waals surface area contributed by atoms with E-state index in [2.05, 4.69) is 33.3 Å². The predicted octanol–water partition coefficient (Wildman–Crippen LogP) is 5.98. The van der Waals surface area contributed by atoms with Crippen LogP contribution in [0.15, 0.2) is 76.9 Å². The second kappa shape index (κ2) is 9.16. The quantitative estimate of drug-likeness (QED) is 0.370. The Kier molecular flexibility index (Phi) is 5.73. The highest BCUT2D eigenvalue weighted by molar-refractivity contribution is 6.30. The van der Waals surface area contributed by atoms with Crippen LogP contribution in [-0.4, -0.2) is 33.2 Å². The van der Waals surface area contributed by atoms with Gasteiger partial charge in [0.15, 0.2) is 0 Å². The number of likely N-dealkylation sites (tertiary alicyclic amines) is 1. The molecule has 6 heteroatoms. The summed E-state index contributed by atoms with van der Waals surface area (Å²) >= 11 is 6.35. The van der Waals surface area contributed by atoms with Gasteiger partial charge in [-0.25, -0.2) is 0 Å². The number of hydrogen-bond donors (Lipinski definition) is 0. The lowest BCUT2D eigenvalue weighted by molar-refractivity contribution is 0.225. The van der Waals surface area contributed by atoms with Crippen molar-refractivity contribution in [2.75, 3.05) is 13.1 Å². The molecule has 1 aliphatic heterocycles. The van der Waals surface area contributed by atoms with Crippen LogP contribution in [0, 0.1) is 0 Å². The lowest BCUT2D eigenvalue weighted by atomic mass is 9.88. The Hall–Kier alpha value is -3.28. The Balaban J connectivity index is 1.25. The molecule has 5 nitrogen and oxygen atoms in total. The van der Waals surface area contributed by atoms with Gasteiger partial charge in [0.1, 0.15) is 0 Å². The third-order valence-corrected chi connectivity index (χ3v) is 7.02. The second-order valence-electron chi connectivity index (χ2n) is 8.93. The lowest BCUT2D eigenvalue weighted by Gasteiger charge is -2.29. The maximum absolute atomic E-state index is 6.35. The number of aromatic nitrogens is 3. The van der Waals surface area contributed by atoms with Crippen LogP contribution in [-0.2, 0) is 19.4 Å². The number of piperidine rings is 1. The third kappa shape index (κ3) is 4.17. The van der Waals surface area contributed by atoms with Gasteiger partial charge in [0.25, 0.3) is 0 Å². The van der Waals surface area contributed by atoms with Crippen LogP contribution in [0.5, 0.6) is 0 Å². The number of pyridine rings is 1. The Morgan fingerprint density at radius 1 is 0.853 bits per heavy atom. The van der Waals surface area contributed by atoms with Gasteiger partial charge >= 0.3 is 0 Å². The SMILES string of the molecule is Clc1ccc2c(c1)CCc1cccnc1C2=C1CCN(Cc2nnc(-c3ccccc3)o2)CC1. The fourth-order valence-corrected chi connectivity index (χ4v) is 5.27. The molecule has 0 saturated carbocycles. The highest BCUT2D eigenvalue weighted by atomic mass is 35.5. The normalized spacial score (nSPS) is 16.1. The molecule has 0 unspecified atom stereocenters. The van der Waals surface area contributed by atoms with Crippen LogP contribution in [0.2, 0.25) is 5.02 Å². The van der Waals surface area contributed by atoms with E-state index in [9.17, 15) is 0 Å². The Labute approximate surface area is 204 Å². The van der Waals surface area contributed by atoms with E-state index in [1.165, 1.54) is 27.8 Å². The highest BCUT2D eigenvalue weighted by Crippen LogP contribution is 2.38. The van der Waals surface area contributed by atoms with Crippen molar-refractivity contribution in [2.24, 2.45) is 0 Å². The predicted molar refractivity (Wildman–Crippen MR) is 133 cm³/mol. The number of benzene rings is 2. The van der Waals surface area contributed by atoms with Gasteiger partial charge in [0.2, 0.25) is 11.8 Å². The Morgan fingerprint density at radius 2 is 1.68 bits per heavy atom. The largest absolute Gasteiger partial charge is 0.419 e. The molecular weight excluding hydrogens is 444 g/mol. The molecule has 1 saturated heterocycles. The molecule has 1 aliphatic carbocycles. The molecule has 2 aliphatic rings. The summed E-state index contributed by atoms with van der Waals surface area (Å²) in [6, 6.07) is 20.5. The highest BCUT2D eigenvalue weighted by Gasteiger charge is 2.25. The minimum atomic E-state index is 0.576. The third-order valence-electron chi connectivity index (χ3n) is 6.79. The van der Waals surface area contributed by atoms with Crippen LogP contribution in [0.3, 0.4) is 0 Å². The van der Waals surface area contributed by atoms with Crippen molar-refractivity contribution in [1.29, 1.82) is 0 Å². The second-order valence-corrected chi connectivity index (χ2v) is 9.37. The standard InChI is InChI=1S/C28H25ClN4O/c29-23-10-11-24-22(17-23)9-8-20-7-4-14-30-27(20)26(24)19-12-15-33(16-13-19)18-25-31-32-28(34-25)21-5-2-1-3-6-21/h1-7,10-11,14,17H,8-9,12-13,15-16,18H2. The van der Waals surface area contributed by atoms with E-state index >= 15 is 0 Å². The monoisotopic (exact) mass is 468 g/mol. The smallest absolute Gasteiger partial charge is 0.247 e. The molecule has 0 spiro atoms. The first-order chi connectivity index (χ1) is 16.7. The van der Waals surface area contributed by atoms with Crippen molar-refractivity contribution in [3.8, 4) is 11.5 Å². The summed E-state index contributed by atoms with van der Waals surface area (Å²) in [5.74, 6) is 1.24. The first-order valence-electron chi connectivity index (χ1n) is 11.8. The van der Waals surface area contributed by atoms with Crippen molar-refractivity contribution in [1.82, 2.24) is 20.1 Å². The van der Waals surface area contributed by atoms with Gasteiger partial charge in [-0.1, -0.05) is 47.5 Å². The molecule has 0 atom stereocenters. The molecule has 4 aromatic rings. The summed E-state index contributed by atoms with van der Waals surface area (Å²) in [6.07, 6.45) is 5.87. The van der Waals surface area contributed by atoms with Gasteiger partial charge in [0, 0.05) is 35.4 Å². The molecule has 1 fully saturated rings. The van der Waals surface area contributed by atoms with Crippen LogP contribution >= 0.6 is 11.6 Å². The molecule has 0 amide bonds. The fraction of sp³-hybridized carbons (Fsp3) is 0.250. The number of fused-ring (bicyclic) bond motifs is 2. The number of rotatable bonds is 3. The van der Waals surface area contributed by atoms with E-state index < -0.39 is 0 Å². The van der Waals surface area contributed by atoms with Crippen LogP contribution in [0.1, 0.15) is 41.1 Å². The van der Waals surface area contributed by atoms with Gasteiger partial charge in [-0.05, 0) is 72.7 Å². The zero-order valence-corrected chi connectivity index (χ0v) is 19.6. The summed E-state index contributed by atoms with van der Waals surface area (Å²) in [4.78, 5) is 7.23. The zero-order chi connectivity index (χ0) is 22.9. The Bertz CT molecular complexity index is 1350. The number of hydrogen-bond acceptors (Lipinski definition) is 5. The summed E-state index contributed by atoms with van der Waals surface area (Å²) in [7, 11) is 0. The molecule has 0 radical (unpaired) electrons. The number of aryl methyl sites for hydroxylation is 2. The summed E-state index contributed by atoms with van der Waals surface area (Å²) in [6.45, 7) is 2.57. The molecule has 34 heavy (non-hydrogen) atoms. The minimum Gasteiger partial charge on any atom is -0.419 e. The van der Waals surface area contributed by atoms with Gasteiger partial charge in [-0.15, -0.1) is 10.2 Å². The summed E-state index contributed by atoms with van der Waals surface area (Å²) in [5, 5.41) is 9.32. The van der Waals surface area contributed by atoms with Crippen molar-refractivity contribution < 1.29 is 4.42 Å². The van der Waals surface area contributed by atoms with Crippen molar-refractivity contribution >= 4 is 17.2 Å². The Morgan fingerprint density at radius 3 is 2.53 bits per heavy atom. The molecule has 0 N–H and O–H groups in total. The fourth-order valence-electron chi connectivity index (χ4n) is 5.07. The van der Waals surface area contributed by atoms with E-state index in [-0.39, 0.29) is 0 Å². The summed E-state index contributed by atoms with van der Waals surface area (Å²) in [5.41, 5.74) is 8.78. The average Bonchev–Trinajstić information content (AvgIpc) is 3.28. The first-order valence-corrected chi connectivity index (χ1v) is 12.2. The van der Waals surface area contributed by atoms with E-state index in [1.54, 1.807) is 0 Å². The molecule has 6 rings (SSSR count). The number of nitrogens with zero attached hydrogens (tertiary/aromatic N) is 4.